The quantitative estimate of drug-likeness (QED) is 0.840. The Balaban J connectivity index is 2.28. The number of ether oxygens (including phenoxy) is 1. The zero-order valence-electron chi connectivity index (χ0n) is 13.5. The number of ketones is 1. The zero-order chi connectivity index (χ0) is 16.2. The van der Waals surface area contributed by atoms with Crippen molar-refractivity contribution in [3.8, 4) is 0 Å². The Bertz CT molecular complexity index is 575. The third-order valence-corrected chi connectivity index (χ3v) is 3.74. The minimum Gasteiger partial charge on any atom is -0.375 e. The van der Waals surface area contributed by atoms with Gasteiger partial charge >= 0.3 is 0 Å². The van der Waals surface area contributed by atoms with Gasteiger partial charge in [0.15, 0.2) is 5.78 Å². The van der Waals surface area contributed by atoms with Gasteiger partial charge in [-0.15, -0.1) is 0 Å². The summed E-state index contributed by atoms with van der Waals surface area (Å²) >= 11 is 0. The van der Waals surface area contributed by atoms with Gasteiger partial charge in [-0.2, -0.15) is 0 Å². The molecule has 4 heteroatoms. The van der Waals surface area contributed by atoms with Crippen LogP contribution in [0.3, 0.4) is 0 Å². The van der Waals surface area contributed by atoms with Gasteiger partial charge in [-0.05, 0) is 17.4 Å². The first kappa shape index (κ1) is 16.4. The van der Waals surface area contributed by atoms with E-state index in [9.17, 15) is 9.59 Å². The second-order valence-corrected chi connectivity index (χ2v) is 6.52. The van der Waals surface area contributed by atoms with Crippen LogP contribution in [-0.2, 0) is 20.9 Å². The second-order valence-electron chi connectivity index (χ2n) is 6.52. The summed E-state index contributed by atoms with van der Waals surface area (Å²) in [6.45, 7) is 4.58. The first-order valence-electron chi connectivity index (χ1n) is 7.48. The highest BCUT2D eigenvalue weighted by Crippen LogP contribution is 2.35. The van der Waals surface area contributed by atoms with Gasteiger partial charge in [0, 0.05) is 25.3 Å². The van der Waals surface area contributed by atoms with Crippen LogP contribution < -0.4 is 0 Å². The maximum atomic E-state index is 12.4. The lowest BCUT2D eigenvalue weighted by Crippen LogP contribution is -2.37. The Morgan fingerprint density at radius 1 is 1.23 bits per heavy atom. The van der Waals surface area contributed by atoms with Crippen LogP contribution in [0.4, 0.5) is 0 Å². The summed E-state index contributed by atoms with van der Waals surface area (Å²) in [5.41, 5.74) is 1.69. The van der Waals surface area contributed by atoms with Gasteiger partial charge in [0.25, 0.3) is 5.91 Å². The molecule has 1 aromatic carbocycles. The van der Waals surface area contributed by atoms with Crippen LogP contribution in [0.15, 0.2) is 42.1 Å². The Hall–Kier alpha value is -1.94. The van der Waals surface area contributed by atoms with Gasteiger partial charge in [-0.1, -0.05) is 44.2 Å². The van der Waals surface area contributed by atoms with Crippen LogP contribution in [0.1, 0.15) is 32.3 Å². The van der Waals surface area contributed by atoms with Crippen molar-refractivity contribution in [3.05, 3.63) is 47.7 Å². The van der Waals surface area contributed by atoms with E-state index >= 15 is 0 Å². The Kier molecular flexibility index (Phi) is 5.14. The molecule has 0 N–H and O–H groups in total. The summed E-state index contributed by atoms with van der Waals surface area (Å²) in [7, 11) is 1.50. The SMILES string of the molecule is COCC(=O)N(Cc1ccccc1)C1=CC(=O)CC(C)(C)C1. The minimum absolute atomic E-state index is 0.0127. The van der Waals surface area contributed by atoms with Crippen molar-refractivity contribution in [1.82, 2.24) is 4.90 Å². The largest absolute Gasteiger partial charge is 0.375 e. The van der Waals surface area contributed by atoms with Crippen molar-refractivity contribution in [2.75, 3.05) is 13.7 Å². The number of methoxy groups -OCH3 is 1. The van der Waals surface area contributed by atoms with Crippen molar-refractivity contribution < 1.29 is 14.3 Å². The fourth-order valence-electron chi connectivity index (χ4n) is 2.80. The van der Waals surface area contributed by atoms with E-state index in [1.165, 1.54) is 7.11 Å². The summed E-state index contributed by atoms with van der Waals surface area (Å²) in [6, 6.07) is 9.78. The molecule has 0 heterocycles. The third-order valence-electron chi connectivity index (χ3n) is 3.74. The van der Waals surface area contributed by atoms with Gasteiger partial charge in [-0.25, -0.2) is 0 Å². The molecule has 0 saturated heterocycles. The molecule has 0 radical (unpaired) electrons. The predicted octanol–water partition coefficient (Wildman–Crippen LogP) is 2.93. The van der Waals surface area contributed by atoms with Crippen LogP contribution in [-0.4, -0.2) is 30.3 Å². The molecule has 0 atom stereocenters. The highest BCUT2D eigenvalue weighted by Gasteiger charge is 2.31. The van der Waals surface area contributed by atoms with E-state index in [4.69, 9.17) is 4.74 Å². The number of hydrogen-bond donors (Lipinski definition) is 0. The fourth-order valence-corrected chi connectivity index (χ4v) is 2.80. The maximum Gasteiger partial charge on any atom is 0.253 e. The summed E-state index contributed by atoms with van der Waals surface area (Å²) < 4.78 is 4.99. The molecule has 118 valence electrons. The Morgan fingerprint density at radius 2 is 1.91 bits per heavy atom. The number of hydrogen-bond acceptors (Lipinski definition) is 3. The van der Waals surface area contributed by atoms with E-state index in [0.717, 1.165) is 11.3 Å². The molecule has 0 bridgehead atoms. The average Bonchev–Trinajstić information content (AvgIpc) is 2.44. The Morgan fingerprint density at radius 3 is 2.50 bits per heavy atom. The van der Waals surface area contributed by atoms with Crippen molar-refractivity contribution in [2.24, 2.45) is 5.41 Å². The normalized spacial score (nSPS) is 17.0. The molecule has 0 aromatic heterocycles. The predicted molar refractivity (Wildman–Crippen MR) is 85.0 cm³/mol. The zero-order valence-corrected chi connectivity index (χ0v) is 13.5. The monoisotopic (exact) mass is 301 g/mol. The molecule has 1 aromatic rings. The number of benzene rings is 1. The summed E-state index contributed by atoms with van der Waals surface area (Å²) in [5.74, 6) is -0.0439. The van der Waals surface area contributed by atoms with Crippen molar-refractivity contribution >= 4 is 11.7 Å². The molecular weight excluding hydrogens is 278 g/mol. The van der Waals surface area contributed by atoms with Crippen LogP contribution >= 0.6 is 0 Å². The van der Waals surface area contributed by atoms with E-state index in [2.05, 4.69) is 13.8 Å². The second kappa shape index (κ2) is 6.88. The maximum absolute atomic E-state index is 12.4. The average molecular weight is 301 g/mol. The van der Waals surface area contributed by atoms with Crippen LogP contribution in [0.25, 0.3) is 0 Å². The van der Waals surface area contributed by atoms with Crippen molar-refractivity contribution in [1.29, 1.82) is 0 Å². The van der Waals surface area contributed by atoms with Gasteiger partial charge in [0.05, 0.1) is 6.54 Å². The molecule has 1 aliphatic rings. The molecule has 0 spiro atoms. The molecule has 4 nitrogen and oxygen atoms in total. The van der Waals surface area contributed by atoms with Crippen LogP contribution in [0, 0.1) is 5.41 Å². The number of carbonyl (C=O) groups excluding carboxylic acids is 2. The minimum atomic E-state index is -0.122. The molecular formula is C18H23NO3. The molecule has 0 unspecified atom stereocenters. The van der Waals surface area contributed by atoms with Gasteiger partial charge in [0.1, 0.15) is 6.61 Å². The van der Waals surface area contributed by atoms with E-state index in [-0.39, 0.29) is 23.7 Å². The van der Waals surface area contributed by atoms with Crippen molar-refractivity contribution in [2.45, 2.75) is 33.2 Å². The first-order chi connectivity index (χ1) is 10.4. The lowest BCUT2D eigenvalue weighted by molar-refractivity contribution is -0.134. The smallest absolute Gasteiger partial charge is 0.253 e. The highest BCUT2D eigenvalue weighted by atomic mass is 16.5. The molecule has 1 aliphatic carbocycles. The van der Waals surface area contributed by atoms with E-state index in [0.29, 0.717) is 19.4 Å². The topological polar surface area (TPSA) is 46.6 Å². The highest BCUT2D eigenvalue weighted by molar-refractivity contribution is 5.93. The van der Waals surface area contributed by atoms with Gasteiger partial charge in [-0.3, -0.25) is 9.59 Å². The molecule has 0 saturated carbocycles. The molecule has 0 aliphatic heterocycles. The van der Waals surface area contributed by atoms with Crippen LogP contribution in [0.5, 0.6) is 0 Å². The van der Waals surface area contributed by atoms with Gasteiger partial charge < -0.3 is 9.64 Å². The number of nitrogens with zero attached hydrogens (tertiary/aromatic N) is 1. The first-order valence-corrected chi connectivity index (χ1v) is 7.48. The fraction of sp³-hybridized carbons (Fsp3) is 0.444. The summed E-state index contributed by atoms with van der Waals surface area (Å²) in [6.07, 6.45) is 2.84. The number of rotatable bonds is 5. The molecule has 0 fully saturated rings. The number of allylic oxidation sites excluding steroid dienone is 2. The summed E-state index contributed by atoms with van der Waals surface area (Å²) in [4.78, 5) is 26.1. The molecule has 1 amide bonds. The number of amides is 1. The summed E-state index contributed by atoms with van der Waals surface area (Å²) in [5, 5.41) is 0. The lowest BCUT2D eigenvalue weighted by Gasteiger charge is -2.34. The van der Waals surface area contributed by atoms with Crippen molar-refractivity contribution in [3.63, 3.8) is 0 Å². The van der Waals surface area contributed by atoms with E-state index in [1.54, 1.807) is 11.0 Å². The number of carbonyl (C=O) groups is 2. The Labute approximate surface area is 131 Å². The van der Waals surface area contributed by atoms with Gasteiger partial charge in [0.2, 0.25) is 0 Å². The molecule has 22 heavy (non-hydrogen) atoms. The van der Waals surface area contributed by atoms with E-state index in [1.807, 2.05) is 30.3 Å². The van der Waals surface area contributed by atoms with E-state index < -0.39 is 0 Å². The standard InChI is InChI=1S/C18H23NO3/c1-18(2)10-15(9-16(20)11-18)19(17(21)13-22-3)12-14-7-5-4-6-8-14/h4-9H,10-13H2,1-3H3. The molecule has 2 rings (SSSR count). The lowest BCUT2D eigenvalue weighted by atomic mass is 9.78. The third kappa shape index (κ3) is 4.28. The van der Waals surface area contributed by atoms with Crippen LogP contribution in [0.2, 0.25) is 0 Å².